The SMILES string of the molecule is CP(C)(=O)c1ccc(-c2ccc(Br)c3ccccc23)cc1. The van der Waals surface area contributed by atoms with Gasteiger partial charge >= 0.3 is 0 Å². The molecule has 0 fully saturated rings. The lowest BCUT2D eigenvalue weighted by molar-refractivity contribution is 0.588. The number of hydrogen-bond donors (Lipinski definition) is 0. The highest BCUT2D eigenvalue weighted by atomic mass is 79.9. The van der Waals surface area contributed by atoms with Crippen LogP contribution < -0.4 is 5.30 Å². The Morgan fingerprint density at radius 3 is 2.05 bits per heavy atom. The first-order valence-electron chi connectivity index (χ1n) is 6.80. The Kier molecular flexibility index (Phi) is 3.77. The second-order valence-corrected chi connectivity index (χ2v) is 9.61. The van der Waals surface area contributed by atoms with Crippen LogP contribution >= 0.6 is 23.1 Å². The van der Waals surface area contributed by atoms with E-state index in [1.165, 1.54) is 16.3 Å². The molecule has 0 saturated heterocycles. The van der Waals surface area contributed by atoms with E-state index in [0.29, 0.717) is 0 Å². The molecule has 0 unspecified atom stereocenters. The summed E-state index contributed by atoms with van der Waals surface area (Å²) in [5.41, 5.74) is 2.35. The van der Waals surface area contributed by atoms with E-state index >= 15 is 0 Å². The Bertz CT molecular complexity index is 847. The standard InChI is InChI=1S/C18H16BrOP/c1-21(2,20)14-9-7-13(8-10-14)15-11-12-18(19)17-6-4-3-5-16(15)17/h3-12H,1-2H3. The third-order valence-electron chi connectivity index (χ3n) is 3.67. The molecule has 0 saturated carbocycles. The lowest BCUT2D eigenvalue weighted by Crippen LogP contribution is -2.01. The fourth-order valence-electron chi connectivity index (χ4n) is 2.51. The first-order valence-corrected chi connectivity index (χ1v) is 10.2. The summed E-state index contributed by atoms with van der Waals surface area (Å²) < 4.78 is 13.2. The first kappa shape index (κ1) is 14.6. The van der Waals surface area contributed by atoms with Crippen LogP contribution in [0.4, 0.5) is 0 Å². The summed E-state index contributed by atoms with van der Waals surface area (Å²) in [5.74, 6) is 0. The zero-order valence-corrected chi connectivity index (χ0v) is 14.5. The van der Waals surface area contributed by atoms with Gasteiger partial charge < -0.3 is 4.57 Å². The number of benzene rings is 3. The molecule has 0 aromatic heterocycles. The topological polar surface area (TPSA) is 17.1 Å². The van der Waals surface area contributed by atoms with E-state index < -0.39 is 7.14 Å². The molecule has 0 spiro atoms. The van der Waals surface area contributed by atoms with Gasteiger partial charge in [0.15, 0.2) is 0 Å². The molecule has 0 atom stereocenters. The third-order valence-corrected chi connectivity index (χ3v) is 5.90. The van der Waals surface area contributed by atoms with Gasteiger partial charge in [0.25, 0.3) is 0 Å². The second kappa shape index (κ2) is 5.44. The fraction of sp³-hybridized carbons (Fsp3) is 0.111. The van der Waals surface area contributed by atoms with Crippen LogP contribution in [0, 0.1) is 0 Å². The Labute approximate surface area is 133 Å². The van der Waals surface area contributed by atoms with E-state index in [4.69, 9.17) is 0 Å². The van der Waals surface area contributed by atoms with Crippen molar-refractivity contribution >= 4 is 39.1 Å². The van der Waals surface area contributed by atoms with Crippen LogP contribution in [0.3, 0.4) is 0 Å². The average Bonchev–Trinajstić information content (AvgIpc) is 2.47. The van der Waals surface area contributed by atoms with Crippen LogP contribution in [-0.4, -0.2) is 13.3 Å². The maximum Gasteiger partial charge on any atom is 0.109 e. The molecular weight excluding hydrogens is 343 g/mol. The summed E-state index contributed by atoms with van der Waals surface area (Å²) in [6.07, 6.45) is 0. The first-order chi connectivity index (χ1) is 9.97. The fourth-order valence-corrected chi connectivity index (χ4v) is 3.86. The molecule has 0 radical (unpaired) electrons. The molecule has 21 heavy (non-hydrogen) atoms. The van der Waals surface area contributed by atoms with Gasteiger partial charge in [0.1, 0.15) is 7.14 Å². The minimum atomic E-state index is -2.19. The molecule has 3 aromatic rings. The normalized spacial score (nSPS) is 11.8. The van der Waals surface area contributed by atoms with Crippen LogP contribution in [0.2, 0.25) is 0 Å². The van der Waals surface area contributed by atoms with E-state index in [0.717, 1.165) is 15.3 Å². The predicted molar refractivity (Wildman–Crippen MR) is 96.2 cm³/mol. The largest absolute Gasteiger partial charge is 0.319 e. The molecule has 106 valence electrons. The molecular formula is C18H16BrOP. The van der Waals surface area contributed by atoms with Gasteiger partial charge in [-0.3, -0.25) is 0 Å². The Morgan fingerprint density at radius 2 is 1.43 bits per heavy atom. The van der Waals surface area contributed by atoms with Crippen LogP contribution in [0.25, 0.3) is 21.9 Å². The van der Waals surface area contributed by atoms with Crippen LogP contribution in [0.1, 0.15) is 0 Å². The molecule has 0 aliphatic carbocycles. The van der Waals surface area contributed by atoms with Crippen molar-refractivity contribution in [2.45, 2.75) is 0 Å². The predicted octanol–water partition coefficient (Wildman–Crippen LogP) is 5.52. The summed E-state index contributed by atoms with van der Waals surface area (Å²) in [6, 6.07) is 20.6. The maximum absolute atomic E-state index is 12.1. The van der Waals surface area contributed by atoms with Crippen molar-refractivity contribution in [2.75, 3.05) is 13.3 Å². The van der Waals surface area contributed by atoms with Gasteiger partial charge in [0.05, 0.1) is 0 Å². The summed E-state index contributed by atoms with van der Waals surface area (Å²) in [7, 11) is -2.19. The maximum atomic E-state index is 12.1. The van der Waals surface area contributed by atoms with Crippen LogP contribution in [0.15, 0.2) is 65.1 Å². The zero-order valence-electron chi connectivity index (χ0n) is 12.0. The highest BCUT2D eigenvalue weighted by molar-refractivity contribution is 9.10. The number of halogens is 1. The molecule has 0 aliphatic heterocycles. The summed E-state index contributed by atoms with van der Waals surface area (Å²) in [4.78, 5) is 0. The van der Waals surface area contributed by atoms with Crippen molar-refractivity contribution in [1.82, 2.24) is 0 Å². The van der Waals surface area contributed by atoms with Crippen LogP contribution in [-0.2, 0) is 4.57 Å². The van der Waals surface area contributed by atoms with Crippen molar-refractivity contribution in [3.05, 3.63) is 65.1 Å². The van der Waals surface area contributed by atoms with E-state index in [-0.39, 0.29) is 0 Å². The third kappa shape index (κ3) is 2.84. The molecule has 1 nitrogen and oxygen atoms in total. The van der Waals surface area contributed by atoms with Gasteiger partial charge in [0.2, 0.25) is 0 Å². The van der Waals surface area contributed by atoms with E-state index in [9.17, 15) is 4.57 Å². The number of fused-ring (bicyclic) bond motifs is 1. The van der Waals surface area contributed by atoms with E-state index in [2.05, 4.69) is 58.4 Å². The minimum Gasteiger partial charge on any atom is -0.319 e. The Morgan fingerprint density at radius 1 is 0.810 bits per heavy atom. The van der Waals surface area contributed by atoms with Crippen molar-refractivity contribution < 1.29 is 4.57 Å². The molecule has 3 aromatic carbocycles. The molecule has 0 heterocycles. The van der Waals surface area contributed by atoms with Crippen molar-refractivity contribution in [3.63, 3.8) is 0 Å². The van der Waals surface area contributed by atoms with Gasteiger partial charge in [-0.05, 0) is 41.3 Å². The second-order valence-electron chi connectivity index (χ2n) is 5.54. The van der Waals surface area contributed by atoms with Gasteiger partial charge in [-0.1, -0.05) is 70.5 Å². The molecule has 0 N–H and O–H groups in total. The summed E-state index contributed by atoms with van der Waals surface area (Å²) in [5, 5.41) is 3.35. The lowest BCUT2D eigenvalue weighted by atomic mass is 9.98. The molecule has 0 amide bonds. The highest BCUT2D eigenvalue weighted by Gasteiger charge is 2.11. The van der Waals surface area contributed by atoms with Crippen LogP contribution in [0.5, 0.6) is 0 Å². The summed E-state index contributed by atoms with van der Waals surface area (Å²) >= 11 is 3.60. The Hall–Kier alpha value is -1.37. The molecule has 0 bridgehead atoms. The van der Waals surface area contributed by atoms with Crippen molar-refractivity contribution in [1.29, 1.82) is 0 Å². The van der Waals surface area contributed by atoms with Gasteiger partial charge in [0, 0.05) is 9.78 Å². The van der Waals surface area contributed by atoms with Gasteiger partial charge in [-0.25, -0.2) is 0 Å². The van der Waals surface area contributed by atoms with Crippen molar-refractivity contribution in [3.8, 4) is 11.1 Å². The van der Waals surface area contributed by atoms with E-state index in [1.807, 2.05) is 18.2 Å². The number of hydrogen-bond acceptors (Lipinski definition) is 1. The van der Waals surface area contributed by atoms with Crippen molar-refractivity contribution in [2.24, 2.45) is 0 Å². The lowest BCUT2D eigenvalue weighted by Gasteiger charge is -2.11. The summed E-state index contributed by atoms with van der Waals surface area (Å²) in [6.45, 7) is 3.61. The molecule has 3 rings (SSSR count). The van der Waals surface area contributed by atoms with Gasteiger partial charge in [-0.15, -0.1) is 0 Å². The number of rotatable bonds is 2. The highest BCUT2D eigenvalue weighted by Crippen LogP contribution is 2.36. The quantitative estimate of drug-likeness (QED) is 0.551. The van der Waals surface area contributed by atoms with Gasteiger partial charge in [-0.2, -0.15) is 0 Å². The Balaban J connectivity index is 2.17. The molecule has 3 heteroatoms. The average molecular weight is 359 g/mol. The minimum absolute atomic E-state index is 0.924. The molecule has 0 aliphatic rings. The zero-order chi connectivity index (χ0) is 15.0. The smallest absolute Gasteiger partial charge is 0.109 e. The monoisotopic (exact) mass is 358 g/mol. The van der Waals surface area contributed by atoms with E-state index in [1.54, 1.807) is 13.3 Å².